The summed E-state index contributed by atoms with van der Waals surface area (Å²) in [6, 6.07) is -0.0860. The molecule has 0 aromatic carbocycles. The van der Waals surface area contributed by atoms with Crippen LogP contribution in [0.3, 0.4) is 0 Å². The maximum Gasteiger partial charge on any atom is 0.289 e. The van der Waals surface area contributed by atoms with Crippen LogP contribution in [0.25, 0.3) is 0 Å². The van der Waals surface area contributed by atoms with Gasteiger partial charge >= 0.3 is 0 Å². The van der Waals surface area contributed by atoms with Crippen LogP contribution in [0.1, 0.15) is 12.8 Å². The van der Waals surface area contributed by atoms with Crippen molar-refractivity contribution in [3.05, 3.63) is 6.33 Å². The van der Waals surface area contributed by atoms with E-state index < -0.39 is 0 Å². The second kappa shape index (κ2) is 5.80. The summed E-state index contributed by atoms with van der Waals surface area (Å²) in [6.07, 6.45) is 2.64. The smallest absolute Gasteiger partial charge is 0.289 e. The minimum absolute atomic E-state index is 0.0609. The monoisotopic (exact) mass is 310 g/mol. The van der Waals surface area contributed by atoms with E-state index in [0.717, 1.165) is 11.8 Å². The molecule has 3 heterocycles. The third-order valence-corrected chi connectivity index (χ3v) is 4.49. The van der Waals surface area contributed by atoms with Crippen molar-refractivity contribution in [1.29, 1.82) is 0 Å². The number of hydrogen-bond acceptors (Lipinski definition) is 7. The molecule has 112 valence electrons. The Morgan fingerprint density at radius 2 is 2.10 bits per heavy atom. The number of hydrogen-bond donors (Lipinski definition) is 0. The molecule has 0 aliphatic carbocycles. The Bertz CT molecular complexity index is 538. The average molecular weight is 310 g/mol. The number of imide groups is 1. The SMILES string of the molecule is O=C(Cn1cnnn1)N1CCC(N2C(=O)CSC2=O)CC1. The predicted octanol–water partition coefficient (Wildman–Crippen LogP) is -0.640. The minimum atomic E-state index is -0.168. The van der Waals surface area contributed by atoms with E-state index >= 15 is 0 Å². The van der Waals surface area contributed by atoms with Crippen LogP contribution in [-0.4, -0.2) is 71.9 Å². The molecule has 1 aromatic heterocycles. The Balaban J connectivity index is 1.54. The maximum absolute atomic E-state index is 12.1. The van der Waals surface area contributed by atoms with Gasteiger partial charge < -0.3 is 4.90 Å². The van der Waals surface area contributed by atoms with Crippen molar-refractivity contribution >= 4 is 28.8 Å². The molecular formula is C11H14N6O3S. The lowest BCUT2D eigenvalue weighted by molar-refractivity contribution is -0.134. The van der Waals surface area contributed by atoms with Gasteiger partial charge in [0.1, 0.15) is 12.9 Å². The van der Waals surface area contributed by atoms with Crippen LogP contribution >= 0.6 is 11.8 Å². The maximum atomic E-state index is 12.1. The standard InChI is InChI=1S/C11H14N6O3S/c18-9(5-16-7-12-13-14-16)15-3-1-8(2-4-15)17-10(19)6-21-11(17)20/h7-8H,1-6H2. The molecule has 2 aliphatic rings. The van der Waals surface area contributed by atoms with E-state index in [1.807, 2.05) is 0 Å². The zero-order valence-electron chi connectivity index (χ0n) is 11.2. The summed E-state index contributed by atoms with van der Waals surface area (Å²) in [6.45, 7) is 1.18. The second-order valence-electron chi connectivity index (χ2n) is 4.94. The Kier molecular flexibility index (Phi) is 3.86. The van der Waals surface area contributed by atoms with E-state index in [2.05, 4.69) is 15.5 Å². The average Bonchev–Trinajstić information content (AvgIpc) is 3.09. The quantitative estimate of drug-likeness (QED) is 0.731. The predicted molar refractivity (Wildman–Crippen MR) is 72.1 cm³/mol. The van der Waals surface area contributed by atoms with Gasteiger partial charge in [-0.2, -0.15) is 0 Å². The van der Waals surface area contributed by atoms with Crippen molar-refractivity contribution in [2.45, 2.75) is 25.4 Å². The van der Waals surface area contributed by atoms with E-state index in [4.69, 9.17) is 0 Å². The molecule has 0 spiro atoms. The number of tetrazole rings is 1. The van der Waals surface area contributed by atoms with Crippen LogP contribution < -0.4 is 0 Å². The van der Waals surface area contributed by atoms with Crippen LogP contribution in [0, 0.1) is 0 Å². The molecule has 2 saturated heterocycles. The molecule has 0 saturated carbocycles. The normalized spacial score (nSPS) is 20.4. The van der Waals surface area contributed by atoms with Crippen molar-refractivity contribution in [1.82, 2.24) is 30.0 Å². The first-order valence-corrected chi connectivity index (χ1v) is 7.61. The van der Waals surface area contributed by atoms with Crippen LogP contribution in [0.4, 0.5) is 4.79 Å². The number of carbonyl (C=O) groups is 3. The fourth-order valence-corrected chi connectivity index (χ4v) is 3.36. The summed E-state index contributed by atoms with van der Waals surface area (Å²) < 4.78 is 1.37. The van der Waals surface area contributed by atoms with Crippen LogP contribution in [-0.2, 0) is 16.1 Å². The van der Waals surface area contributed by atoms with Crippen molar-refractivity contribution in [3.63, 3.8) is 0 Å². The van der Waals surface area contributed by atoms with E-state index in [9.17, 15) is 14.4 Å². The largest absolute Gasteiger partial charge is 0.341 e. The van der Waals surface area contributed by atoms with Crippen molar-refractivity contribution in [2.24, 2.45) is 0 Å². The lowest BCUT2D eigenvalue weighted by Crippen LogP contribution is -2.48. The number of rotatable bonds is 3. The van der Waals surface area contributed by atoms with Gasteiger partial charge in [-0.1, -0.05) is 11.8 Å². The molecule has 2 fully saturated rings. The molecule has 9 nitrogen and oxygen atoms in total. The highest BCUT2D eigenvalue weighted by molar-refractivity contribution is 8.14. The molecular weight excluding hydrogens is 296 g/mol. The summed E-state index contributed by atoms with van der Waals surface area (Å²) in [5.74, 6) is 0.0507. The first-order chi connectivity index (χ1) is 10.1. The molecule has 3 rings (SSSR count). The summed E-state index contributed by atoms with van der Waals surface area (Å²) in [5.41, 5.74) is 0. The molecule has 0 unspecified atom stereocenters. The van der Waals surface area contributed by atoms with Gasteiger partial charge in [0.25, 0.3) is 5.24 Å². The van der Waals surface area contributed by atoms with Crippen molar-refractivity contribution in [3.8, 4) is 0 Å². The lowest BCUT2D eigenvalue weighted by Gasteiger charge is -2.35. The van der Waals surface area contributed by atoms with E-state index in [1.165, 1.54) is 15.9 Å². The summed E-state index contributed by atoms with van der Waals surface area (Å²) >= 11 is 1.05. The molecule has 21 heavy (non-hydrogen) atoms. The van der Waals surface area contributed by atoms with Gasteiger partial charge in [0.15, 0.2) is 0 Å². The van der Waals surface area contributed by atoms with E-state index in [1.54, 1.807) is 4.90 Å². The number of amides is 3. The van der Waals surface area contributed by atoms with Crippen LogP contribution in [0.15, 0.2) is 6.33 Å². The zero-order valence-corrected chi connectivity index (χ0v) is 12.0. The van der Waals surface area contributed by atoms with Crippen molar-refractivity contribution < 1.29 is 14.4 Å². The molecule has 1 aromatic rings. The zero-order chi connectivity index (χ0) is 14.8. The number of piperidine rings is 1. The van der Waals surface area contributed by atoms with Gasteiger partial charge in [0, 0.05) is 19.1 Å². The number of thioether (sulfide) groups is 1. The topological polar surface area (TPSA) is 101 Å². The van der Waals surface area contributed by atoms with Gasteiger partial charge in [-0.25, -0.2) is 4.68 Å². The number of nitrogens with zero attached hydrogens (tertiary/aromatic N) is 6. The molecule has 0 bridgehead atoms. The van der Waals surface area contributed by atoms with Gasteiger partial charge in [0.05, 0.1) is 5.75 Å². The van der Waals surface area contributed by atoms with Gasteiger partial charge in [-0.05, 0) is 23.3 Å². The van der Waals surface area contributed by atoms with Gasteiger partial charge in [-0.3, -0.25) is 19.3 Å². The van der Waals surface area contributed by atoms with E-state index in [0.29, 0.717) is 25.9 Å². The first kappa shape index (κ1) is 14.0. The highest BCUT2D eigenvalue weighted by atomic mass is 32.2. The summed E-state index contributed by atoms with van der Waals surface area (Å²) in [5, 5.41) is 10.4. The summed E-state index contributed by atoms with van der Waals surface area (Å²) in [7, 11) is 0. The van der Waals surface area contributed by atoms with Crippen molar-refractivity contribution in [2.75, 3.05) is 18.8 Å². The third-order valence-electron chi connectivity index (χ3n) is 3.66. The Morgan fingerprint density at radius 1 is 1.33 bits per heavy atom. The molecule has 10 heteroatoms. The van der Waals surface area contributed by atoms with Gasteiger partial charge in [0.2, 0.25) is 11.8 Å². The van der Waals surface area contributed by atoms with Crippen LogP contribution in [0.5, 0.6) is 0 Å². The molecule has 2 aliphatic heterocycles. The summed E-state index contributed by atoms with van der Waals surface area (Å²) in [4.78, 5) is 38.5. The number of carbonyl (C=O) groups excluding carboxylic acids is 3. The molecule has 0 N–H and O–H groups in total. The fraction of sp³-hybridized carbons (Fsp3) is 0.636. The Morgan fingerprint density at radius 3 is 2.67 bits per heavy atom. The lowest BCUT2D eigenvalue weighted by atomic mass is 10.0. The Labute approximate surface area is 124 Å². The highest BCUT2D eigenvalue weighted by Crippen LogP contribution is 2.26. The van der Waals surface area contributed by atoms with E-state index in [-0.39, 0.29) is 35.4 Å². The highest BCUT2D eigenvalue weighted by Gasteiger charge is 2.37. The first-order valence-electron chi connectivity index (χ1n) is 6.62. The third kappa shape index (κ3) is 2.89. The van der Waals surface area contributed by atoms with Gasteiger partial charge in [-0.15, -0.1) is 5.10 Å². The molecule has 3 amide bonds. The van der Waals surface area contributed by atoms with Crippen LogP contribution in [0.2, 0.25) is 0 Å². The number of aromatic nitrogens is 4. The Hall–Kier alpha value is -1.97. The minimum Gasteiger partial charge on any atom is -0.341 e. The fourth-order valence-electron chi connectivity index (χ4n) is 2.58. The molecule has 0 atom stereocenters. The number of likely N-dealkylation sites (tertiary alicyclic amines) is 1. The molecule has 0 radical (unpaired) electrons. The second-order valence-corrected chi connectivity index (χ2v) is 5.86.